The molecule has 0 aliphatic carbocycles. The van der Waals surface area contributed by atoms with E-state index < -0.39 is 27.6 Å². The predicted molar refractivity (Wildman–Crippen MR) is 114 cm³/mol. The Bertz CT molecular complexity index is 810. The first kappa shape index (κ1) is 25.9. The summed E-state index contributed by atoms with van der Waals surface area (Å²) in [6.07, 6.45) is -2.09. The summed E-state index contributed by atoms with van der Waals surface area (Å²) in [5.41, 5.74) is -1.11. The second-order valence-corrected chi connectivity index (χ2v) is 8.69. The zero-order valence-corrected chi connectivity index (χ0v) is 19.2. The number of nitrogens with one attached hydrogen (secondary N) is 2. The molecule has 0 spiro atoms. The van der Waals surface area contributed by atoms with Crippen LogP contribution >= 0.6 is 24.0 Å². The van der Waals surface area contributed by atoms with E-state index in [0.29, 0.717) is 44.5 Å². The van der Waals surface area contributed by atoms with E-state index in [1.54, 1.807) is 0 Å². The fourth-order valence-corrected chi connectivity index (χ4v) is 3.93. The molecule has 0 radical (unpaired) electrons. The van der Waals surface area contributed by atoms with Crippen molar-refractivity contribution in [3.8, 4) is 0 Å². The molecule has 6 nitrogen and oxygen atoms in total. The molecule has 12 heteroatoms. The summed E-state index contributed by atoms with van der Waals surface area (Å²) in [6, 6.07) is 2.56. The van der Waals surface area contributed by atoms with Crippen LogP contribution in [0.5, 0.6) is 0 Å². The molecule has 0 bridgehead atoms. The maximum atomic E-state index is 13.2. The molecule has 166 valence electrons. The van der Waals surface area contributed by atoms with E-state index in [1.807, 2.05) is 0 Å². The van der Waals surface area contributed by atoms with Crippen LogP contribution in [0.1, 0.15) is 24.0 Å². The molecule has 1 saturated heterocycles. The van der Waals surface area contributed by atoms with Crippen molar-refractivity contribution < 1.29 is 26.0 Å². The van der Waals surface area contributed by atoms with Crippen molar-refractivity contribution in [2.45, 2.75) is 25.6 Å². The van der Waals surface area contributed by atoms with E-state index in [4.69, 9.17) is 0 Å². The highest BCUT2D eigenvalue weighted by Gasteiger charge is 2.33. The molecule has 29 heavy (non-hydrogen) atoms. The minimum atomic E-state index is -4.65. The highest BCUT2D eigenvalue weighted by Crippen LogP contribution is 2.32. The Kier molecular flexibility index (Phi) is 9.60. The number of halogens is 5. The third-order valence-corrected chi connectivity index (χ3v) is 5.95. The van der Waals surface area contributed by atoms with Gasteiger partial charge in [0, 0.05) is 33.2 Å². The molecule has 1 aliphatic heterocycles. The van der Waals surface area contributed by atoms with Gasteiger partial charge < -0.3 is 10.6 Å². The first-order chi connectivity index (χ1) is 13.0. The third-order valence-electron chi connectivity index (χ3n) is 4.65. The van der Waals surface area contributed by atoms with Gasteiger partial charge in [-0.3, -0.25) is 4.99 Å². The van der Waals surface area contributed by atoms with Gasteiger partial charge in [0.2, 0.25) is 10.0 Å². The Hall–Kier alpha value is -1.15. The standard InChI is InChI=1S/C17H24F4N4O2S.HI/c1-22-16(23-10-12-5-7-25(8-6-12)28(2,26)27)24-11-13-3-4-14(18)9-15(13)17(19,20)21;/h3-4,9,12H,5-8,10-11H2,1-2H3,(H2,22,23,24);1H. The molecule has 0 amide bonds. The molecule has 2 N–H and O–H groups in total. The number of benzene rings is 1. The van der Waals surface area contributed by atoms with Gasteiger partial charge in [-0.15, -0.1) is 24.0 Å². The molecule has 1 aromatic rings. The number of rotatable bonds is 5. The number of guanidine groups is 1. The van der Waals surface area contributed by atoms with E-state index in [2.05, 4.69) is 15.6 Å². The summed E-state index contributed by atoms with van der Waals surface area (Å²) in [7, 11) is -1.69. The molecule has 0 unspecified atom stereocenters. The van der Waals surface area contributed by atoms with Crippen molar-refractivity contribution in [2.75, 3.05) is 32.9 Å². The second kappa shape index (κ2) is 10.8. The van der Waals surface area contributed by atoms with Crippen LogP contribution in [0, 0.1) is 11.7 Å². The maximum absolute atomic E-state index is 13.2. The van der Waals surface area contributed by atoms with Crippen LogP contribution in [0.3, 0.4) is 0 Å². The first-order valence-corrected chi connectivity index (χ1v) is 10.6. The Morgan fingerprint density at radius 2 is 1.86 bits per heavy atom. The number of hydrogen-bond donors (Lipinski definition) is 2. The lowest BCUT2D eigenvalue weighted by Crippen LogP contribution is -2.43. The molecule has 0 saturated carbocycles. The monoisotopic (exact) mass is 552 g/mol. The van der Waals surface area contributed by atoms with E-state index in [9.17, 15) is 26.0 Å². The molecule has 1 heterocycles. The second-order valence-electron chi connectivity index (χ2n) is 6.71. The number of nitrogens with zero attached hydrogens (tertiary/aromatic N) is 2. The smallest absolute Gasteiger partial charge is 0.356 e. The number of aliphatic imine (C=N–C) groups is 1. The van der Waals surface area contributed by atoms with Gasteiger partial charge in [0.05, 0.1) is 11.8 Å². The molecule has 1 aromatic carbocycles. The quantitative estimate of drug-likeness (QED) is 0.255. The SMILES string of the molecule is CN=C(NCc1ccc(F)cc1C(F)(F)F)NCC1CCN(S(C)(=O)=O)CC1.I. The van der Waals surface area contributed by atoms with Crippen molar-refractivity contribution in [3.63, 3.8) is 0 Å². The lowest BCUT2D eigenvalue weighted by molar-refractivity contribution is -0.138. The van der Waals surface area contributed by atoms with Crippen LogP contribution in [0.4, 0.5) is 17.6 Å². The average molecular weight is 552 g/mol. The Labute approximate surface area is 185 Å². The van der Waals surface area contributed by atoms with E-state index in [1.165, 1.54) is 17.6 Å². The average Bonchev–Trinajstić information content (AvgIpc) is 2.61. The third kappa shape index (κ3) is 7.89. The molecule has 1 fully saturated rings. The van der Waals surface area contributed by atoms with Crippen molar-refractivity contribution in [2.24, 2.45) is 10.9 Å². The lowest BCUT2D eigenvalue weighted by Gasteiger charge is -2.30. The van der Waals surface area contributed by atoms with Gasteiger partial charge in [0.15, 0.2) is 5.96 Å². The topological polar surface area (TPSA) is 73.8 Å². The van der Waals surface area contributed by atoms with E-state index in [-0.39, 0.29) is 42.0 Å². The van der Waals surface area contributed by atoms with Crippen LogP contribution in [0.15, 0.2) is 23.2 Å². The zero-order valence-electron chi connectivity index (χ0n) is 16.1. The van der Waals surface area contributed by atoms with Gasteiger partial charge in [-0.2, -0.15) is 13.2 Å². The van der Waals surface area contributed by atoms with Crippen LogP contribution in [-0.2, 0) is 22.7 Å². The summed E-state index contributed by atoms with van der Waals surface area (Å²) >= 11 is 0. The fourth-order valence-electron chi connectivity index (χ4n) is 3.05. The minimum absolute atomic E-state index is 0. The minimum Gasteiger partial charge on any atom is -0.356 e. The zero-order chi connectivity index (χ0) is 20.9. The highest BCUT2D eigenvalue weighted by atomic mass is 127. The Morgan fingerprint density at radius 3 is 2.38 bits per heavy atom. The van der Waals surface area contributed by atoms with Gasteiger partial charge in [-0.25, -0.2) is 17.1 Å². The van der Waals surface area contributed by atoms with Crippen molar-refractivity contribution in [3.05, 3.63) is 35.1 Å². The predicted octanol–water partition coefficient (Wildman–Crippen LogP) is 2.80. The van der Waals surface area contributed by atoms with Gasteiger partial charge >= 0.3 is 6.18 Å². The molecule has 0 atom stereocenters. The molecular weight excluding hydrogens is 527 g/mol. The first-order valence-electron chi connectivity index (χ1n) is 8.76. The van der Waals surface area contributed by atoms with Gasteiger partial charge in [0.25, 0.3) is 0 Å². The largest absolute Gasteiger partial charge is 0.416 e. The van der Waals surface area contributed by atoms with Crippen molar-refractivity contribution in [1.29, 1.82) is 0 Å². The molecule has 0 aromatic heterocycles. The van der Waals surface area contributed by atoms with Crippen LogP contribution in [-0.4, -0.2) is 51.6 Å². The van der Waals surface area contributed by atoms with E-state index >= 15 is 0 Å². The summed E-state index contributed by atoms with van der Waals surface area (Å²) in [5, 5.41) is 5.85. The molecule has 1 aliphatic rings. The molecule has 2 rings (SSSR count). The lowest BCUT2D eigenvalue weighted by atomic mass is 9.98. The Morgan fingerprint density at radius 1 is 1.24 bits per heavy atom. The van der Waals surface area contributed by atoms with Crippen molar-refractivity contribution in [1.82, 2.24) is 14.9 Å². The summed E-state index contributed by atoms with van der Waals surface area (Å²) < 4.78 is 76.8. The molecular formula is C17H25F4IN4O2S. The van der Waals surface area contributed by atoms with Gasteiger partial charge in [-0.1, -0.05) is 6.07 Å². The number of alkyl halides is 3. The van der Waals surface area contributed by atoms with Crippen molar-refractivity contribution >= 4 is 40.0 Å². The van der Waals surface area contributed by atoms with Gasteiger partial charge in [0.1, 0.15) is 5.82 Å². The van der Waals surface area contributed by atoms with Crippen LogP contribution in [0.2, 0.25) is 0 Å². The number of hydrogen-bond acceptors (Lipinski definition) is 3. The summed E-state index contributed by atoms with van der Waals surface area (Å²) in [6.45, 7) is 1.25. The van der Waals surface area contributed by atoms with Crippen LogP contribution in [0.25, 0.3) is 0 Å². The van der Waals surface area contributed by atoms with Gasteiger partial charge in [-0.05, 0) is 36.5 Å². The number of sulfonamides is 1. The normalized spacial score (nSPS) is 17.0. The fraction of sp³-hybridized carbons (Fsp3) is 0.588. The Balaban J connectivity index is 0.00000420. The van der Waals surface area contributed by atoms with E-state index in [0.717, 1.165) is 12.1 Å². The van der Waals surface area contributed by atoms with Crippen LogP contribution < -0.4 is 10.6 Å². The highest BCUT2D eigenvalue weighted by molar-refractivity contribution is 14.0. The summed E-state index contributed by atoms with van der Waals surface area (Å²) in [4.78, 5) is 3.98. The summed E-state index contributed by atoms with van der Waals surface area (Å²) in [5.74, 6) is -0.393. The number of piperidine rings is 1. The maximum Gasteiger partial charge on any atom is 0.416 e.